The summed E-state index contributed by atoms with van der Waals surface area (Å²) in [5.74, 6) is -1.44. The molecule has 0 saturated heterocycles. The molecule has 1 N–H and O–H groups in total. The highest BCUT2D eigenvalue weighted by Gasteiger charge is 2.37. The SMILES string of the molecule is C=C(NC(=O)C(=C)N1Cc2c(cccc2-c2ccc3c(c2)CCN3C(=O)C2CC2)C1=O)C(=O)OC. The number of benzene rings is 2. The van der Waals surface area contributed by atoms with Crippen LogP contribution in [0.3, 0.4) is 0 Å². The summed E-state index contributed by atoms with van der Waals surface area (Å²) in [5.41, 5.74) is 4.87. The highest BCUT2D eigenvalue weighted by Crippen LogP contribution is 2.40. The molecule has 1 saturated carbocycles. The standard InChI is InChI=1S/C27H25N3O5/c1-15(27(34)35-3)28-24(31)16(2)30-14-22-20(5-4-6-21(22)26(30)33)18-9-10-23-19(13-18)11-12-29(23)25(32)17-7-8-17/h4-6,9-10,13,17H,1-2,7-8,11-12,14H2,3H3,(H,28,31). The maximum absolute atomic E-state index is 13.1. The van der Waals surface area contributed by atoms with Crippen molar-refractivity contribution in [3.05, 3.63) is 77.6 Å². The second-order valence-corrected chi connectivity index (χ2v) is 8.95. The number of amides is 3. The number of anilines is 1. The van der Waals surface area contributed by atoms with Gasteiger partial charge in [0, 0.05) is 23.7 Å². The van der Waals surface area contributed by atoms with E-state index in [1.54, 1.807) is 6.07 Å². The Labute approximate surface area is 202 Å². The van der Waals surface area contributed by atoms with Crippen molar-refractivity contribution >= 4 is 29.4 Å². The Morgan fingerprint density at radius 3 is 2.51 bits per heavy atom. The summed E-state index contributed by atoms with van der Waals surface area (Å²) >= 11 is 0. The van der Waals surface area contributed by atoms with E-state index in [9.17, 15) is 19.2 Å². The number of nitrogens with zero attached hydrogens (tertiary/aromatic N) is 2. The zero-order chi connectivity index (χ0) is 24.9. The van der Waals surface area contributed by atoms with E-state index in [0.717, 1.165) is 47.2 Å². The number of hydrogen-bond donors (Lipinski definition) is 1. The summed E-state index contributed by atoms with van der Waals surface area (Å²) in [4.78, 5) is 53.0. The Bertz CT molecular complexity index is 1320. The molecule has 0 atom stereocenters. The number of esters is 1. The molecule has 0 radical (unpaired) electrons. The van der Waals surface area contributed by atoms with Crippen LogP contribution in [0, 0.1) is 5.92 Å². The van der Waals surface area contributed by atoms with Gasteiger partial charge in [0.05, 0.1) is 13.7 Å². The number of nitrogens with one attached hydrogen (secondary N) is 1. The summed E-state index contributed by atoms with van der Waals surface area (Å²) in [6.45, 7) is 8.10. The average Bonchev–Trinajstić information content (AvgIpc) is 3.55. The third-order valence-electron chi connectivity index (χ3n) is 6.73. The van der Waals surface area contributed by atoms with E-state index in [-0.39, 0.29) is 35.7 Å². The monoisotopic (exact) mass is 471 g/mol. The lowest BCUT2D eigenvalue weighted by molar-refractivity contribution is -0.137. The van der Waals surface area contributed by atoms with Gasteiger partial charge in [0.15, 0.2) is 0 Å². The second kappa shape index (κ2) is 8.54. The van der Waals surface area contributed by atoms with Crippen molar-refractivity contribution in [3.8, 4) is 11.1 Å². The molecule has 2 aliphatic heterocycles. The molecule has 0 bridgehead atoms. The van der Waals surface area contributed by atoms with Gasteiger partial charge in [-0.2, -0.15) is 0 Å². The molecular weight excluding hydrogens is 446 g/mol. The predicted molar refractivity (Wildman–Crippen MR) is 129 cm³/mol. The Morgan fingerprint density at radius 2 is 1.80 bits per heavy atom. The average molecular weight is 472 g/mol. The quantitative estimate of drug-likeness (QED) is 0.516. The zero-order valence-corrected chi connectivity index (χ0v) is 19.4. The van der Waals surface area contributed by atoms with Crippen molar-refractivity contribution in [2.45, 2.75) is 25.8 Å². The lowest BCUT2D eigenvalue weighted by Gasteiger charge is -2.18. The van der Waals surface area contributed by atoms with Crippen molar-refractivity contribution in [2.75, 3.05) is 18.6 Å². The molecule has 2 heterocycles. The highest BCUT2D eigenvalue weighted by atomic mass is 16.5. The molecule has 3 amide bonds. The number of carbonyl (C=O) groups is 4. The number of methoxy groups -OCH3 is 1. The summed E-state index contributed by atoms with van der Waals surface area (Å²) in [6.07, 6.45) is 2.75. The van der Waals surface area contributed by atoms with Gasteiger partial charge in [-0.1, -0.05) is 31.4 Å². The maximum Gasteiger partial charge on any atom is 0.353 e. The van der Waals surface area contributed by atoms with E-state index in [1.807, 2.05) is 29.2 Å². The molecule has 5 rings (SSSR count). The first kappa shape index (κ1) is 22.6. The normalized spacial score (nSPS) is 16.0. The van der Waals surface area contributed by atoms with E-state index < -0.39 is 11.9 Å². The molecule has 35 heavy (non-hydrogen) atoms. The van der Waals surface area contributed by atoms with Gasteiger partial charge >= 0.3 is 5.97 Å². The van der Waals surface area contributed by atoms with Crippen LogP contribution in [0.25, 0.3) is 11.1 Å². The predicted octanol–water partition coefficient (Wildman–Crippen LogP) is 2.93. The molecule has 1 aliphatic carbocycles. The van der Waals surface area contributed by atoms with Gasteiger partial charge < -0.3 is 15.0 Å². The lowest BCUT2D eigenvalue weighted by atomic mass is 9.95. The first-order valence-electron chi connectivity index (χ1n) is 11.5. The van der Waals surface area contributed by atoms with E-state index >= 15 is 0 Å². The first-order chi connectivity index (χ1) is 16.8. The van der Waals surface area contributed by atoms with Gasteiger partial charge in [0.25, 0.3) is 11.8 Å². The van der Waals surface area contributed by atoms with Crippen molar-refractivity contribution in [2.24, 2.45) is 5.92 Å². The van der Waals surface area contributed by atoms with Crippen LogP contribution in [-0.2, 0) is 32.1 Å². The molecular formula is C27H25N3O5. The van der Waals surface area contributed by atoms with Crippen LogP contribution >= 0.6 is 0 Å². The van der Waals surface area contributed by atoms with Crippen LogP contribution in [-0.4, -0.2) is 42.2 Å². The van der Waals surface area contributed by atoms with E-state index in [0.29, 0.717) is 12.1 Å². The summed E-state index contributed by atoms with van der Waals surface area (Å²) in [6, 6.07) is 11.5. The van der Waals surface area contributed by atoms with Crippen LogP contribution in [0.5, 0.6) is 0 Å². The van der Waals surface area contributed by atoms with Gasteiger partial charge in [-0.25, -0.2) is 4.79 Å². The van der Waals surface area contributed by atoms with Gasteiger partial charge in [-0.15, -0.1) is 0 Å². The molecule has 0 spiro atoms. The molecule has 0 unspecified atom stereocenters. The zero-order valence-electron chi connectivity index (χ0n) is 19.4. The second-order valence-electron chi connectivity index (χ2n) is 8.95. The molecule has 8 heteroatoms. The molecule has 8 nitrogen and oxygen atoms in total. The van der Waals surface area contributed by atoms with E-state index in [4.69, 9.17) is 0 Å². The molecule has 2 aromatic carbocycles. The third kappa shape index (κ3) is 3.90. The number of fused-ring (bicyclic) bond motifs is 2. The lowest BCUT2D eigenvalue weighted by Crippen LogP contribution is -2.36. The minimum atomic E-state index is -0.779. The third-order valence-corrected chi connectivity index (χ3v) is 6.73. The smallest absolute Gasteiger partial charge is 0.353 e. The summed E-state index contributed by atoms with van der Waals surface area (Å²) < 4.78 is 4.54. The minimum absolute atomic E-state index is 0.0922. The number of rotatable bonds is 6. The summed E-state index contributed by atoms with van der Waals surface area (Å²) in [7, 11) is 1.18. The van der Waals surface area contributed by atoms with Crippen LogP contribution in [0.4, 0.5) is 5.69 Å². The fourth-order valence-corrected chi connectivity index (χ4v) is 4.68. The number of carbonyl (C=O) groups excluding carboxylic acids is 4. The van der Waals surface area contributed by atoms with Crippen LogP contribution < -0.4 is 10.2 Å². The molecule has 0 aromatic heterocycles. The fourth-order valence-electron chi connectivity index (χ4n) is 4.68. The Balaban J connectivity index is 1.39. The van der Waals surface area contributed by atoms with Gasteiger partial charge in [-0.05, 0) is 59.7 Å². The van der Waals surface area contributed by atoms with Crippen LogP contribution in [0.1, 0.15) is 34.3 Å². The highest BCUT2D eigenvalue weighted by molar-refractivity contribution is 6.08. The molecule has 3 aliphatic rings. The van der Waals surface area contributed by atoms with Crippen LogP contribution in [0.15, 0.2) is 61.0 Å². The first-order valence-corrected chi connectivity index (χ1v) is 11.5. The maximum atomic E-state index is 13.1. The van der Waals surface area contributed by atoms with Crippen molar-refractivity contribution in [3.63, 3.8) is 0 Å². The van der Waals surface area contributed by atoms with Crippen molar-refractivity contribution in [1.82, 2.24) is 10.2 Å². The number of hydrogen-bond acceptors (Lipinski definition) is 5. The fraction of sp³-hybridized carbons (Fsp3) is 0.259. The minimum Gasteiger partial charge on any atom is -0.464 e. The Kier molecular flexibility index (Phi) is 5.51. The summed E-state index contributed by atoms with van der Waals surface area (Å²) in [5, 5.41) is 2.32. The topological polar surface area (TPSA) is 96.0 Å². The van der Waals surface area contributed by atoms with Crippen molar-refractivity contribution < 1.29 is 23.9 Å². The van der Waals surface area contributed by atoms with Crippen molar-refractivity contribution in [1.29, 1.82) is 0 Å². The van der Waals surface area contributed by atoms with Crippen LogP contribution in [0.2, 0.25) is 0 Å². The van der Waals surface area contributed by atoms with Gasteiger partial charge in [0.1, 0.15) is 11.4 Å². The largest absolute Gasteiger partial charge is 0.464 e. The van der Waals surface area contributed by atoms with Gasteiger partial charge in [-0.3, -0.25) is 19.3 Å². The van der Waals surface area contributed by atoms with E-state index in [1.165, 1.54) is 12.0 Å². The molecule has 2 aromatic rings. The van der Waals surface area contributed by atoms with E-state index in [2.05, 4.69) is 29.3 Å². The Morgan fingerprint density at radius 1 is 1.06 bits per heavy atom. The molecule has 178 valence electrons. The molecule has 1 fully saturated rings. The van der Waals surface area contributed by atoms with Gasteiger partial charge in [0.2, 0.25) is 5.91 Å². The Hall–Kier alpha value is -4.20. The number of ether oxygens (including phenoxy) is 1.